The number of nitrogens with one attached hydrogen (secondary N) is 1. The van der Waals surface area contributed by atoms with Crippen molar-refractivity contribution in [3.63, 3.8) is 0 Å². The van der Waals surface area contributed by atoms with Gasteiger partial charge in [-0.1, -0.05) is 11.3 Å². The van der Waals surface area contributed by atoms with E-state index in [9.17, 15) is 4.79 Å². The van der Waals surface area contributed by atoms with Crippen molar-refractivity contribution in [1.29, 1.82) is 0 Å². The summed E-state index contributed by atoms with van der Waals surface area (Å²) in [7, 11) is 0. The van der Waals surface area contributed by atoms with Gasteiger partial charge in [0.15, 0.2) is 5.01 Å². The molecule has 5 heteroatoms. The van der Waals surface area contributed by atoms with E-state index < -0.39 is 0 Å². The second kappa shape index (κ2) is 3.10. The lowest BCUT2D eigenvalue weighted by Crippen LogP contribution is -1.90. The Morgan fingerprint density at radius 1 is 1.54 bits per heavy atom. The maximum Gasteiger partial charge on any atom is 0.322 e. The SMILES string of the molecule is Cc1ccnc(-c2n[nH]c(=O)s2)c1. The van der Waals surface area contributed by atoms with Crippen LogP contribution in [0.2, 0.25) is 0 Å². The molecular weight excluding hydrogens is 186 g/mol. The van der Waals surface area contributed by atoms with E-state index >= 15 is 0 Å². The van der Waals surface area contributed by atoms with Crippen LogP contribution < -0.4 is 4.87 Å². The Hall–Kier alpha value is -1.49. The van der Waals surface area contributed by atoms with Crippen LogP contribution in [0.3, 0.4) is 0 Å². The quantitative estimate of drug-likeness (QED) is 0.740. The molecule has 0 unspecified atom stereocenters. The highest BCUT2D eigenvalue weighted by molar-refractivity contribution is 7.12. The van der Waals surface area contributed by atoms with Crippen molar-refractivity contribution in [3.8, 4) is 10.7 Å². The van der Waals surface area contributed by atoms with Gasteiger partial charge in [-0.15, -0.1) is 0 Å². The standard InChI is InChI=1S/C8H7N3OS/c1-5-2-3-9-6(4-5)7-10-11-8(12)13-7/h2-4H,1H3,(H,11,12). The lowest BCUT2D eigenvalue weighted by atomic mass is 10.2. The molecule has 1 N–H and O–H groups in total. The minimum atomic E-state index is -0.154. The number of aryl methyl sites for hydroxylation is 1. The van der Waals surface area contributed by atoms with E-state index in [1.54, 1.807) is 6.20 Å². The molecule has 0 radical (unpaired) electrons. The lowest BCUT2D eigenvalue weighted by molar-refractivity contribution is 1.05. The highest BCUT2D eigenvalue weighted by Crippen LogP contribution is 2.15. The zero-order chi connectivity index (χ0) is 9.26. The maximum absolute atomic E-state index is 10.8. The van der Waals surface area contributed by atoms with E-state index in [2.05, 4.69) is 15.2 Å². The average molecular weight is 193 g/mol. The maximum atomic E-state index is 10.8. The topological polar surface area (TPSA) is 58.6 Å². The Balaban J connectivity index is 2.52. The van der Waals surface area contributed by atoms with Crippen LogP contribution in [0.25, 0.3) is 10.7 Å². The molecule has 0 saturated heterocycles. The van der Waals surface area contributed by atoms with Gasteiger partial charge in [0.05, 0.1) is 0 Å². The second-order valence-electron chi connectivity index (χ2n) is 2.64. The second-order valence-corrected chi connectivity index (χ2v) is 3.60. The summed E-state index contributed by atoms with van der Waals surface area (Å²) < 4.78 is 0. The molecule has 0 aliphatic carbocycles. The number of pyridine rings is 1. The Bertz CT molecular complexity index is 474. The molecule has 2 aromatic heterocycles. The van der Waals surface area contributed by atoms with Gasteiger partial charge in [0.1, 0.15) is 5.69 Å². The number of H-pyrrole nitrogens is 1. The summed E-state index contributed by atoms with van der Waals surface area (Å²) in [4.78, 5) is 14.8. The van der Waals surface area contributed by atoms with Crippen molar-refractivity contribution in [2.45, 2.75) is 6.92 Å². The number of nitrogens with zero attached hydrogens (tertiary/aromatic N) is 2. The summed E-state index contributed by atoms with van der Waals surface area (Å²) in [6.07, 6.45) is 1.70. The lowest BCUT2D eigenvalue weighted by Gasteiger charge is -1.94. The van der Waals surface area contributed by atoms with E-state index in [1.165, 1.54) is 0 Å². The summed E-state index contributed by atoms with van der Waals surface area (Å²) in [5, 5.41) is 6.84. The van der Waals surface area contributed by atoms with Crippen molar-refractivity contribution >= 4 is 11.3 Å². The summed E-state index contributed by atoms with van der Waals surface area (Å²) in [6.45, 7) is 1.97. The van der Waals surface area contributed by atoms with Crippen molar-refractivity contribution < 1.29 is 0 Å². The van der Waals surface area contributed by atoms with E-state index in [0.717, 1.165) is 22.6 Å². The molecule has 0 atom stereocenters. The minimum Gasteiger partial charge on any atom is -0.255 e. The van der Waals surface area contributed by atoms with Crippen LogP contribution in [0.5, 0.6) is 0 Å². The molecule has 2 rings (SSSR count). The zero-order valence-electron chi connectivity index (χ0n) is 6.94. The van der Waals surface area contributed by atoms with Gasteiger partial charge in [-0.25, -0.2) is 5.10 Å². The molecule has 0 fully saturated rings. The molecule has 66 valence electrons. The molecule has 2 heterocycles. The third-order valence-electron chi connectivity index (χ3n) is 1.57. The van der Waals surface area contributed by atoms with Gasteiger partial charge in [-0.05, 0) is 24.6 Å². The van der Waals surface area contributed by atoms with Crippen LogP contribution in [-0.2, 0) is 0 Å². The third-order valence-corrected chi connectivity index (χ3v) is 2.34. The van der Waals surface area contributed by atoms with Gasteiger partial charge in [-0.2, -0.15) is 5.10 Å². The first-order chi connectivity index (χ1) is 6.25. The molecule has 0 bridgehead atoms. The summed E-state index contributed by atoms with van der Waals surface area (Å²) in [5.41, 5.74) is 1.84. The number of aromatic amines is 1. The molecule has 0 aromatic carbocycles. The first-order valence-electron chi connectivity index (χ1n) is 3.74. The van der Waals surface area contributed by atoms with Gasteiger partial charge >= 0.3 is 4.87 Å². The van der Waals surface area contributed by atoms with Crippen molar-refractivity contribution in [3.05, 3.63) is 33.6 Å². The van der Waals surface area contributed by atoms with Gasteiger partial charge in [-0.3, -0.25) is 9.78 Å². The molecule has 0 aliphatic rings. The highest BCUT2D eigenvalue weighted by atomic mass is 32.1. The highest BCUT2D eigenvalue weighted by Gasteiger charge is 2.03. The average Bonchev–Trinajstić information content (AvgIpc) is 2.52. The fraction of sp³-hybridized carbons (Fsp3) is 0.125. The minimum absolute atomic E-state index is 0.154. The Kier molecular flexibility index (Phi) is 1.94. The summed E-state index contributed by atoms with van der Waals surface area (Å²) >= 11 is 1.06. The fourth-order valence-electron chi connectivity index (χ4n) is 0.993. The van der Waals surface area contributed by atoms with Crippen LogP contribution >= 0.6 is 11.3 Å². The molecule has 0 spiro atoms. The number of hydrogen-bond donors (Lipinski definition) is 1. The predicted octanol–water partition coefficient (Wildman–Crippen LogP) is 1.20. The van der Waals surface area contributed by atoms with Gasteiger partial charge in [0.25, 0.3) is 0 Å². The van der Waals surface area contributed by atoms with Gasteiger partial charge < -0.3 is 0 Å². The van der Waals surface area contributed by atoms with Crippen molar-refractivity contribution in [1.82, 2.24) is 15.2 Å². The predicted molar refractivity (Wildman–Crippen MR) is 50.7 cm³/mol. The Morgan fingerprint density at radius 3 is 3.00 bits per heavy atom. The zero-order valence-corrected chi connectivity index (χ0v) is 7.76. The van der Waals surface area contributed by atoms with E-state index in [1.807, 2.05) is 19.1 Å². The van der Waals surface area contributed by atoms with Crippen LogP contribution in [0, 0.1) is 6.92 Å². The van der Waals surface area contributed by atoms with E-state index in [0.29, 0.717) is 5.01 Å². The van der Waals surface area contributed by atoms with Crippen LogP contribution in [0.15, 0.2) is 23.1 Å². The molecule has 0 saturated carbocycles. The third kappa shape index (κ3) is 1.65. The van der Waals surface area contributed by atoms with E-state index in [4.69, 9.17) is 0 Å². The Morgan fingerprint density at radius 2 is 2.38 bits per heavy atom. The molecular formula is C8H7N3OS. The molecule has 2 aromatic rings. The monoisotopic (exact) mass is 193 g/mol. The van der Waals surface area contributed by atoms with Crippen LogP contribution in [0.4, 0.5) is 0 Å². The first-order valence-corrected chi connectivity index (χ1v) is 4.56. The summed E-state index contributed by atoms with van der Waals surface area (Å²) in [6, 6.07) is 3.80. The van der Waals surface area contributed by atoms with Crippen molar-refractivity contribution in [2.24, 2.45) is 0 Å². The molecule has 13 heavy (non-hydrogen) atoms. The normalized spacial score (nSPS) is 10.2. The molecule has 0 aliphatic heterocycles. The van der Waals surface area contributed by atoms with E-state index in [-0.39, 0.29) is 4.87 Å². The Labute approximate surface area is 78.3 Å². The van der Waals surface area contributed by atoms with Crippen LogP contribution in [-0.4, -0.2) is 15.2 Å². The number of hydrogen-bond acceptors (Lipinski definition) is 4. The summed E-state index contributed by atoms with van der Waals surface area (Å²) in [5.74, 6) is 0. The number of rotatable bonds is 1. The first kappa shape index (κ1) is 8.12. The number of aromatic nitrogens is 3. The van der Waals surface area contributed by atoms with Crippen molar-refractivity contribution in [2.75, 3.05) is 0 Å². The largest absolute Gasteiger partial charge is 0.322 e. The van der Waals surface area contributed by atoms with Gasteiger partial charge in [0, 0.05) is 6.20 Å². The van der Waals surface area contributed by atoms with Gasteiger partial charge in [0.2, 0.25) is 0 Å². The molecule has 0 amide bonds. The molecule has 4 nitrogen and oxygen atoms in total. The smallest absolute Gasteiger partial charge is 0.255 e. The van der Waals surface area contributed by atoms with Crippen LogP contribution in [0.1, 0.15) is 5.56 Å². The fourth-order valence-corrected chi connectivity index (χ4v) is 1.57.